The number of H-pyrrole nitrogens is 1. The summed E-state index contributed by atoms with van der Waals surface area (Å²) in [6.45, 7) is 0.828. The molecule has 2 atom stereocenters. The highest BCUT2D eigenvalue weighted by Gasteiger charge is 2.30. The van der Waals surface area contributed by atoms with Gasteiger partial charge in [0.25, 0.3) is 5.91 Å². The normalized spacial score (nSPS) is 13.8. The highest BCUT2D eigenvalue weighted by atomic mass is 16.5. The number of aromatic amines is 1. The van der Waals surface area contributed by atoms with Crippen molar-refractivity contribution < 1.29 is 28.7 Å². The summed E-state index contributed by atoms with van der Waals surface area (Å²) in [6, 6.07) is 22.9. The molecule has 1 aromatic heterocycles. The molecule has 1 aliphatic rings. The van der Waals surface area contributed by atoms with E-state index in [1.807, 2.05) is 84.9 Å². The molecule has 14 nitrogen and oxygen atoms in total. The maximum Gasteiger partial charge on any atom is 0.336 e. The summed E-state index contributed by atoms with van der Waals surface area (Å²) >= 11 is 0. The summed E-state index contributed by atoms with van der Waals surface area (Å²) in [5, 5.41) is 13.2. The van der Waals surface area contributed by atoms with Gasteiger partial charge in [-0.3, -0.25) is 19.8 Å². The number of amides is 7. The van der Waals surface area contributed by atoms with Crippen molar-refractivity contribution in [3.8, 4) is 0 Å². The van der Waals surface area contributed by atoms with E-state index in [1.165, 1.54) is 0 Å². The molecule has 0 aliphatic heterocycles. The predicted molar refractivity (Wildman–Crippen MR) is 200 cm³/mol. The first kappa shape index (κ1) is 38.3. The minimum atomic E-state index is -1.20. The molecule has 1 saturated carbocycles. The van der Waals surface area contributed by atoms with Gasteiger partial charge in [-0.2, -0.15) is 0 Å². The van der Waals surface area contributed by atoms with Gasteiger partial charge < -0.3 is 36.7 Å². The number of fused-ring (bicyclic) bond motifs is 1. The van der Waals surface area contributed by atoms with Crippen LogP contribution in [-0.4, -0.2) is 71.1 Å². The number of carbonyl (C=O) groups is 5. The second-order valence-electron chi connectivity index (χ2n) is 13.1. The molecule has 1 aliphatic carbocycles. The molecule has 0 radical (unpaired) electrons. The molecule has 5 rings (SSSR count). The van der Waals surface area contributed by atoms with E-state index in [0.717, 1.165) is 58.3 Å². The van der Waals surface area contributed by atoms with Crippen molar-refractivity contribution in [2.75, 3.05) is 13.2 Å². The number of nitrogens with zero attached hydrogens (tertiary/aromatic N) is 1. The number of primary amides is 1. The number of hydrazine groups is 1. The number of aromatic nitrogens is 1. The topological polar surface area (TPSA) is 200 Å². The van der Waals surface area contributed by atoms with Crippen molar-refractivity contribution in [1.82, 2.24) is 36.7 Å². The number of para-hydroxylation sites is 1. The van der Waals surface area contributed by atoms with Crippen LogP contribution in [-0.2, 0) is 38.7 Å². The zero-order valence-corrected chi connectivity index (χ0v) is 29.6. The Kier molecular flexibility index (Phi) is 14.2. The Balaban J connectivity index is 1.31. The summed E-state index contributed by atoms with van der Waals surface area (Å²) in [5.41, 5.74) is 11.5. The molecule has 0 spiro atoms. The van der Waals surface area contributed by atoms with Crippen LogP contribution in [0.25, 0.3) is 10.9 Å². The number of hydrogen-bond donors (Lipinski definition) is 7. The van der Waals surface area contributed by atoms with Crippen LogP contribution >= 0.6 is 0 Å². The van der Waals surface area contributed by atoms with Crippen molar-refractivity contribution in [2.45, 2.75) is 76.2 Å². The quantitative estimate of drug-likeness (QED) is 0.0642. The predicted octanol–water partition coefficient (Wildman–Crippen LogP) is 3.53. The molecular formula is C39H48N8O6. The minimum Gasteiger partial charge on any atom is -0.375 e. The molecule has 4 aromatic rings. The number of nitrogens with one attached hydrogen (secondary N) is 6. The number of urea groups is 2. The first-order valence-corrected chi connectivity index (χ1v) is 18.0. The number of rotatable bonds is 17. The first-order valence-electron chi connectivity index (χ1n) is 18.0. The lowest BCUT2D eigenvalue weighted by molar-refractivity contribution is -0.132. The fraction of sp³-hybridized carbons (Fsp3) is 0.359. The van der Waals surface area contributed by atoms with Crippen LogP contribution in [0.3, 0.4) is 0 Å². The van der Waals surface area contributed by atoms with Gasteiger partial charge in [0, 0.05) is 42.5 Å². The zero-order chi connectivity index (χ0) is 37.4. The molecule has 7 amide bonds. The van der Waals surface area contributed by atoms with Crippen molar-refractivity contribution in [3.63, 3.8) is 0 Å². The molecule has 0 saturated heterocycles. The Labute approximate surface area is 308 Å². The summed E-state index contributed by atoms with van der Waals surface area (Å²) in [7, 11) is 0. The Hall–Kier alpha value is -5.89. The second-order valence-corrected chi connectivity index (χ2v) is 13.1. The molecule has 2 unspecified atom stereocenters. The maximum absolute atomic E-state index is 14.2. The van der Waals surface area contributed by atoms with Crippen molar-refractivity contribution >= 4 is 40.7 Å². The van der Waals surface area contributed by atoms with Gasteiger partial charge in [-0.1, -0.05) is 91.7 Å². The molecule has 8 N–H and O–H groups in total. The highest BCUT2D eigenvalue weighted by Crippen LogP contribution is 2.20. The van der Waals surface area contributed by atoms with Crippen LogP contribution in [0.15, 0.2) is 91.1 Å². The van der Waals surface area contributed by atoms with Gasteiger partial charge in [-0.15, -0.1) is 0 Å². The van der Waals surface area contributed by atoms with Gasteiger partial charge in [-0.05, 0) is 42.0 Å². The summed E-state index contributed by atoms with van der Waals surface area (Å²) in [6.07, 6.45) is 5.26. The Bertz CT molecular complexity index is 1810. The molecule has 53 heavy (non-hydrogen) atoms. The lowest BCUT2D eigenvalue weighted by atomic mass is 10.0. The highest BCUT2D eigenvalue weighted by molar-refractivity contribution is 5.93. The lowest BCUT2D eigenvalue weighted by Gasteiger charge is -2.28. The zero-order valence-electron chi connectivity index (χ0n) is 29.6. The third kappa shape index (κ3) is 12.1. The number of ether oxygens (including phenoxy) is 1. The molecule has 1 fully saturated rings. The number of benzene rings is 3. The van der Waals surface area contributed by atoms with Crippen LogP contribution in [0.4, 0.5) is 9.59 Å². The van der Waals surface area contributed by atoms with Gasteiger partial charge in [0.15, 0.2) is 0 Å². The summed E-state index contributed by atoms with van der Waals surface area (Å²) in [4.78, 5) is 69.4. The maximum atomic E-state index is 14.2. The van der Waals surface area contributed by atoms with Crippen LogP contribution in [0.5, 0.6) is 0 Å². The van der Waals surface area contributed by atoms with E-state index in [1.54, 1.807) is 6.20 Å². The van der Waals surface area contributed by atoms with Crippen LogP contribution in [0, 0.1) is 0 Å². The summed E-state index contributed by atoms with van der Waals surface area (Å²) in [5.74, 6) is -1.98. The number of hydrogen-bond acceptors (Lipinski definition) is 6. The minimum absolute atomic E-state index is 0.00702. The SMILES string of the molecule is NC(=O)CCC(NC(=O)NC1CCCC1)C(=O)NC(Cc1c[nH]c2ccccc12)C(=O)NN(Cc1ccccc1)C(=O)NCCOCc1ccccc1. The number of nitrogens with two attached hydrogens (primary N) is 1. The van der Waals surface area contributed by atoms with Crippen molar-refractivity contribution in [1.29, 1.82) is 0 Å². The van der Waals surface area contributed by atoms with Gasteiger partial charge >= 0.3 is 12.1 Å². The Morgan fingerprint density at radius 1 is 0.830 bits per heavy atom. The molecule has 280 valence electrons. The Morgan fingerprint density at radius 2 is 1.51 bits per heavy atom. The fourth-order valence-electron chi connectivity index (χ4n) is 6.24. The molecule has 3 aromatic carbocycles. The van der Waals surface area contributed by atoms with Crippen LogP contribution in [0.1, 0.15) is 55.2 Å². The van der Waals surface area contributed by atoms with Gasteiger partial charge in [0.1, 0.15) is 12.1 Å². The van der Waals surface area contributed by atoms with E-state index >= 15 is 0 Å². The first-order chi connectivity index (χ1) is 25.7. The average Bonchev–Trinajstić information content (AvgIpc) is 3.83. The smallest absolute Gasteiger partial charge is 0.336 e. The summed E-state index contributed by atoms with van der Waals surface area (Å²) < 4.78 is 5.71. The molecule has 1 heterocycles. The van der Waals surface area contributed by atoms with E-state index < -0.39 is 41.9 Å². The van der Waals surface area contributed by atoms with Crippen LogP contribution < -0.4 is 32.4 Å². The van der Waals surface area contributed by atoms with E-state index in [2.05, 4.69) is 31.7 Å². The molecular weight excluding hydrogens is 676 g/mol. The fourth-order valence-corrected chi connectivity index (χ4v) is 6.24. The van der Waals surface area contributed by atoms with Crippen molar-refractivity contribution in [2.24, 2.45) is 5.73 Å². The van der Waals surface area contributed by atoms with Gasteiger partial charge in [0.05, 0.1) is 19.8 Å². The molecule has 14 heteroatoms. The largest absolute Gasteiger partial charge is 0.375 e. The van der Waals surface area contributed by atoms with E-state index in [-0.39, 0.29) is 45.0 Å². The van der Waals surface area contributed by atoms with Crippen molar-refractivity contribution in [3.05, 3.63) is 108 Å². The molecule has 0 bridgehead atoms. The average molecular weight is 725 g/mol. The van der Waals surface area contributed by atoms with E-state index in [9.17, 15) is 24.0 Å². The Morgan fingerprint density at radius 3 is 2.23 bits per heavy atom. The second kappa shape index (κ2) is 19.6. The third-order valence-electron chi connectivity index (χ3n) is 9.03. The van der Waals surface area contributed by atoms with Crippen LogP contribution in [0.2, 0.25) is 0 Å². The van der Waals surface area contributed by atoms with E-state index in [0.29, 0.717) is 6.61 Å². The third-order valence-corrected chi connectivity index (χ3v) is 9.03. The lowest BCUT2D eigenvalue weighted by Crippen LogP contribution is -2.59. The standard InChI is InChI=1S/C39H48N8O6/c40-35(48)20-19-33(45-38(51)43-30-15-7-8-16-30)36(49)44-34(23-29-24-42-32-18-10-9-17-31(29)32)37(50)46-47(25-27-11-3-1-4-12-27)39(52)41-21-22-53-26-28-13-5-2-6-14-28/h1-6,9-14,17-18,24,30,33-34,42H,7-8,15-16,19-23,25-26H2,(H2,40,48)(H,41,52)(H,44,49)(H,46,50)(H2,43,45,51). The van der Waals surface area contributed by atoms with E-state index in [4.69, 9.17) is 10.5 Å². The monoisotopic (exact) mass is 724 g/mol. The number of carbonyl (C=O) groups excluding carboxylic acids is 5. The van der Waals surface area contributed by atoms with Gasteiger partial charge in [-0.25, -0.2) is 14.6 Å². The van der Waals surface area contributed by atoms with Gasteiger partial charge in [0.2, 0.25) is 11.8 Å².